The molecule has 0 spiro atoms. The normalized spacial score (nSPS) is 9.44. The summed E-state index contributed by atoms with van der Waals surface area (Å²) in [5.41, 5.74) is 0. The van der Waals surface area contributed by atoms with Gasteiger partial charge < -0.3 is 19.4 Å². The summed E-state index contributed by atoms with van der Waals surface area (Å²) in [4.78, 5) is 0. The smallest absolute Gasteiger partial charge is 0.330 e. The van der Waals surface area contributed by atoms with Crippen LogP contribution in [-0.4, -0.2) is 17.3 Å². The molecule has 0 atom stereocenters. The second kappa shape index (κ2) is 1.89. The summed E-state index contributed by atoms with van der Waals surface area (Å²) in [5.74, 6) is -0.753. The number of methoxy groups -OCH3 is 1. The number of aromatic hydroxyl groups is 2. The first kappa shape index (κ1) is 5.81. The van der Waals surface area contributed by atoms with Crippen LogP contribution >= 0.6 is 0 Å². The quantitative estimate of drug-likeness (QED) is 0.587. The topological polar surface area (TPSA) is 62.8 Å². The van der Waals surface area contributed by atoms with E-state index in [1.54, 1.807) is 0 Å². The van der Waals surface area contributed by atoms with Crippen molar-refractivity contribution in [2.75, 3.05) is 7.11 Å². The van der Waals surface area contributed by atoms with E-state index in [2.05, 4.69) is 9.15 Å². The number of ether oxygens (including phenoxy) is 1. The van der Waals surface area contributed by atoms with Gasteiger partial charge in [0.2, 0.25) is 11.5 Å². The fourth-order valence-electron chi connectivity index (χ4n) is 0.471. The molecule has 9 heavy (non-hydrogen) atoms. The minimum Gasteiger partial charge on any atom is -0.499 e. The average molecular weight is 130 g/mol. The highest BCUT2D eigenvalue weighted by molar-refractivity contribution is 5.42. The van der Waals surface area contributed by atoms with E-state index in [1.807, 2.05) is 0 Å². The third kappa shape index (κ3) is 0.782. The predicted octanol–water partition coefficient (Wildman–Crippen LogP) is 0.699. The molecule has 1 heterocycles. The molecule has 0 aliphatic heterocycles. The van der Waals surface area contributed by atoms with E-state index >= 15 is 0 Å². The van der Waals surface area contributed by atoms with Gasteiger partial charge in [-0.1, -0.05) is 0 Å². The molecular formula is C5H6O4. The second-order valence-electron chi connectivity index (χ2n) is 1.46. The minimum absolute atomic E-state index is 0.132. The van der Waals surface area contributed by atoms with Crippen LogP contribution in [0.3, 0.4) is 0 Å². The molecule has 0 fully saturated rings. The van der Waals surface area contributed by atoms with Crippen LogP contribution in [-0.2, 0) is 0 Å². The Morgan fingerprint density at radius 2 is 2.22 bits per heavy atom. The molecule has 0 aromatic carbocycles. The molecule has 50 valence electrons. The van der Waals surface area contributed by atoms with Gasteiger partial charge in [0.15, 0.2) is 0 Å². The van der Waals surface area contributed by atoms with E-state index in [9.17, 15) is 0 Å². The molecule has 0 unspecified atom stereocenters. The molecule has 4 heteroatoms. The van der Waals surface area contributed by atoms with Gasteiger partial charge >= 0.3 is 5.95 Å². The zero-order valence-electron chi connectivity index (χ0n) is 4.79. The van der Waals surface area contributed by atoms with Crippen LogP contribution in [0.15, 0.2) is 10.7 Å². The van der Waals surface area contributed by atoms with E-state index in [4.69, 9.17) is 10.2 Å². The molecule has 2 N–H and O–H groups in total. The van der Waals surface area contributed by atoms with Gasteiger partial charge in [0.1, 0.15) is 6.26 Å². The first-order chi connectivity index (χ1) is 4.25. The molecule has 4 nitrogen and oxygen atoms in total. The Hall–Kier alpha value is -1.32. The van der Waals surface area contributed by atoms with Gasteiger partial charge in [0.05, 0.1) is 7.11 Å². The maximum Gasteiger partial charge on any atom is 0.330 e. The lowest BCUT2D eigenvalue weighted by atomic mass is 10.5. The molecule has 0 aliphatic carbocycles. The summed E-state index contributed by atoms with van der Waals surface area (Å²) >= 11 is 0. The van der Waals surface area contributed by atoms with Crippen molar-refractivity contribution in [1.29, 1.82) is 0 Å². The molecule has 0 saturated carbocycles. The number of hydrogen-bond donors (Lipinski definition) is 2. The van der Waals surface area contributed by atoms with Crippen LogP contribution < -0.4 is 4.74 Å². The highest BCUT2D eigenvalue weighted by Crippen LogP contribution is 2.36. The Bertz CT molecular complexity index is 203. The van der Waals surface area contributed by atoms with Crippen LogP contribution in [0, 0.1) is 0 Å². The number of rotatable bonds is 1. The summed E-state index contributed by atoms with van der Waals surface area (Å²) in [7, 11) is 1.37. The maximum atomic E-state index is 8.77. The minimum atomic E-state index is -0.521. The lowest BCUT2D eigenvalue weighted by Gasteiger charge is -1.90. The number of hydrogen-bond acceptors (Lipinski definition) is 4. The molecule has 0 amide bonds. The molecular weight excluding hydrogens is 124 g/mol. The van der Waals surface area contributed by atoms with Crippen LogP contribution in [0.5, 0.6) is 17.4 Å². The highest BCUT2D eigenvalue weighted by Gasteiger charge is 2.10. The van der Waals surface area contributed by atoms with E-state index in [0.717, 1.165) is 6.26 Å². The van der Waals surface area contributed by atoms with Crippen LogP contribution in [0.4, 0.5) is 0 Å². The second-order valence-corrected chi connectivity index (χ2v) is 1.46. The van der Waals surface area contributed by atoms with Crippen LogP contribution in [0.2, 0.25) is 0 Å². The van der Waals surface area contributed by atoms with E-state index < -0.39 is 5.95 Å². The molecule has 1 aromatic heterocycles. The Labute approximate surface area is 51.3 Å². The lowest BCUT2D eigenvalue weighted by Crippen LogP contribution is -1.77. The molecule has 0 radical (unpaired) electrons. The van der Waals surface area contributed by atoms with Gasteiger partial charge in [-0.05, 0) is 0 Å². The van der Waals surface area contributed by atoms with E-state index in [1.165, 1.54) is 7.11 Å². The van der Waals surface area contributed by atoms with Gasteiger partial charge in [0.25, 0.3) is 0 Å². The summed E-state index contributed by atoms with van der Waals surface area (Å²) < 4.78 is 8.93. The van der Waals surface area contributed by atoms with E-state index in [0.29, 0.717) is 0 Å². The largest absolute Gasteiger partial charge is 0.499 e. The van der Waals surface area contributed by atoms with Crippen molar-refractivity contribution in [3.05, 3.63) is 6.26 Å². The molecule has 1 rings (SSSR count). The van der Waals surface area contributed by atoms with Crippen molar-refractivity contribution in [2.24, 2.45) is 0 Å². The molecule has 0 bridgehead atoms. The first-order valence-electron chi connectivity index (χ1n) is 2.29. The van der Waals surface area contributed by atoms with Gasteiger partial charge in [0, 0.05) is 0 Å². The Morgan fingerprint density at radius 1 is 1.56 bits per heavy atom. The van der Waals surface area contributed by atoms with Gasteiger partial charge in [-0.15, -0.1) is 0 Å². The standard InChI is InChI=1S/C5H6O4/c1-8-3-2-9-5(7)4(3)6/h2,6-7H,1H3. The Kier molecular flexibility index (Phi) is 1.22. The van der Waals surface area contributed by atoms with Gasteiger partial charge in [-0.2, -0.15) is 0 Å². The molecule has 0 saturated heterocycles. The SMILES string of the molecule is COc1coc(O)c1O. The van der Waals surface area contributed by atoms with Crippen molar-refractivity contribution >= 4 is 0 Å². The monoisotopic (exact) mass is 130 g/mol. The summed E-state index contributed by atoms with van der Waals surface area (Å²) in [6.45, 7) is 0. The maximum absolute atomic E-state index is 8.77. The van der Waals surface area contributed by atoms with Gasteiger partial charge in [-0.25, -0.2) is 0 Å². The zero-order valence-corrected chi connectivity index (χ0v) is 4.79. The fraction of sp³-hybridized carbons (Fsp3) is 0.200. The highest BCUT2D eigenvalue weighted by atomic mass is 16.5. The fourth-order valence-corrected chi connectivity index (χ4v) is 0.471. The lowest BCUT2D eigenvalue weighted by molar-refractivity contribution is 0.305. The first-order valence-corrected chi connectivity index (χ1v) is 2.29. The third-order valence-electron chi connectivity index (χ3n) is 0.933. The number of furan rings is 1. The Morgan fingerprint density at radius 3 is 2.44 bits per heavy atom. The summed E-state index contributed by atoms with van der Waals surface area (Å²) in [6, 6.07) is 0. The van der Waals surface area contributed by atoms with Crippen molar-refractivity contribution in [3.63, 3.8) is 0 Å². The molecule has 1 aromatic rings. The predicted molar refractivity (Wildman–Crippen MR) is 28.6 cm³/mol. The van der Waals surface area contributed by atoms with Crippen LogP contribution in [0.1, 0.15) is 0 Å². The van der Waals surface area contributed by atoms with Crippen LogP contribution in [0.25, 0.3) is 0 Å². The third-order valence-corrected chi connectivity index (χ3v) is 0.933. The van der Waals surface area contributed by atoms with Crippen molar-refractivity contribution in [3.8, 4) is 17.4 Å². The van der Waals surface area contributed by atoms with Gasteiger partial charge in [-0.3, -0.25) is 0 Å². The summed E-state index contributed by atoms with van der Waals surface area (Å²) in [6.07, 6.45) is 1.12. The van der Waals surface area contributed by atoms with Crippen molar-refractivity contribution in [1.82, 2.24) is 0 Å². The van der Waals surface area contributed by atoms with E-state index in [-0.39, 0.29) is 11.5 Å². The average Bonchev–Trinajstić information content (AvgIpc) is 2.15. The van der Waals surface area contributed by atoms with Crippen molar-refractivity contribution in [2.45, 2.75) is 0 Å². The summed E-state index contributed by atoms with van der Waals surface area (Å²) in [5, 5.41) is 17.3. The zero-order chi connectivity index (χ0) is 6.85. The molecule has 0 aliphatic rings. The Balaban J connectivity index is 3.04. The van der Waals surface area contributed by atoms with Crippen molar-refractivity contribution < 1.29 is 19.4 Å².